The van der Waals surface area contributed by atoms with Crippen LogP contribution in [0, 0.1) is 10.1 Å². The van der Waals surface area contributed by atoms with Gasteiger partial charge in [-0.25, -0.2) is 4.98 Å². The first-order chi connectivity index (χ1) is 11.0. The molecule has 1 unspecified atom stereocenters. The highest BCUT2D eigenvalue weighted by molar-refractivity contribution is 5.55. The fourth-order valence-electron chi connectivity index (χ4n) is 2.32. The number of anilines is 1. The van der Waals surface area contributed by atoms with Crippen LogP contribution in [0.25, 0.3) is 0 Å². The predicted octanol–water partition coefficient (Wildman–Crippen LogP) is 2.71. The molecular weight excluding hydrogens is 296 g/mol. The molecule has 0 aliphatic carbocycles. The molecule has 0 amide bonds. The third-order valence-corrected chi connectivity index (χ3v) is 3.55. The monoisotopic (exact) mass is 316 g/mol. The summed E-state index contributed by atoms with van der Waals surface area (Å²) in [4.78, 5) is 16.7. The summed E-state index contributed by atoms with van der Waals surface area (Å²) in [6.45, 7) is 0.484. The van der Waals surface area contributed by atoms with Crippen molar-refractivity contribution < 1.29 is 9.66 Å². The molecule has 2 aromatic rings. The number of pyridine rings is 1. The van der Waals surface area contributed by atoms with Gasteiger partial charge >= 0.3 is 5.69 Å². The van der Waals surface area contributed by atoms with E-state index in [4.69, 9.17) is 4.74 Å². The summed E-state index contributed by atoms with van der Waals surface area (Å²) < 4.78 is 5.26. The molecule has 0 fully saturated rings. The average Bonchev–Trinajstić information content (AvgIpc) is 2.55. The van der Waals surface area contributed by atoms with Crippen LogP contribution in [0.2, 0.25) is 0 Å². The zero-order chi connectivity index (χ0) is 16.8. The highest BCUT2D eigenvalue weighted by Crippen LogP contribution is 2.25. The van der Waals surface area contributed by atoms with Gasteiger partial charge < -0.3 is 15.0 Å². The largest absolute Gasteiger partial charge is 0.497 e. The smallest absolute Gasteiger partial charge is 0.311 e. The summed E-state index contributed by atoms with van der Waals surface area (Å²) in [5, 5.41) is 14.1. The summed E-state index contributed by atoms with van der Waals surface area (Å²) in [5.41, 5.74) is 1.02. The standard InChI is InChI=1S/C16H20N4O3/c1-19(2)15(12-6-4-7-13(10-12)23-3)11-18-16-14(20(21)22)8-5-9-17-16/h4-10,15H,11H2,1-3H3,(H,17,18). The summed E-state index contributed by atoms with van der Waals surface area (Å²) >= 11 is 0. The minimum Gasteiger partial charge on any atom is -0.497 e. The summed E-state index contributed by atoms with van der Waals surface area (Å²) in [6.07, 6.45) is 1.53. The van der Waals surface area contributed by atoms with E-state index in [0.29, 0.717) is 6.54 Å². The average molecular weight is 316 g/mol. The molecule has 1 aromatic carbocycles. The molecule has 23 heavy (non-hydrogen) atoms. The lowest BCUT2D eigenvalue weighted by atomic mass is 10.1. The van der Waals surface area contributed by atoms with Crippen molar-refractivity contribution in [1.82, 2.24) is 9.88 Å². The molecule has 0 saturated carbocycles. The molecule has 0 aliphatic heterocycles. The molecule has 1 N–H and O–H groups in total. The van der Waals surface area contributed by atoms with Crippen molar-refractivity contribution in [1.29, 1.82) is 0 Å². The first-order valence-corrected chi connectivity index (χ1v) is 7.16. The van der Waals surface area contributed by atoms with Crippen molar-refractivity contribution in [2.45, 2.75) is 6.04 Å². The summed E-state index contributed by atoms with van der Waals surface area (Å²) in [5.74, 6) is 1.05. The fraction of sp³-hybridized carbons (Fsp3) is 0.312. The number of hydrogen-bond donors (Lipinski definition) is 1. The third-order valence-electron chi connectivity index (χ3n) is 3.55. The Morgan fingerprint density at radius 2 is 2.13 bits per heavy atom. The zero-order valence-electron chi connectivity index (χ0n) is 13.4. The molecule has 1 heterocycles. The molecule has 1 aromatic heterocycles. The summed E-state index contributed by atoms with van der Waals surface area (Å²) in [7, 11) is 5.54. The number of likely N-dealkylation sites (N-methyl/N-ethyl adjacent to an activating group) is 1. The highest BCUT2D eigenvalue weighted by Gasteiger charge is 2.18. The highest BCUT2D eigenvalue weighted by atomic mass is 16.6. The van der Waals surface area contributed by atoms with E-state index in [1.54, 1.807) is 13.2 Å². The van der Waals surface area contributed by atoms with Gasteiger partial charge in [0, 0.05) is 18.8 Å². The third kappa shape index (κ3) is 4.17. The number of nitrogens with one attached hydrogen (secondary N) is 1. The van der Waals surface area contributed by atoms with Crippen LogP contribution in [-0.4, -0.2) is 42.6 Å². The molecule has 7 nitrogen and oxygen atoms in total. The Kier molecular flexibility index (Phi) is 5.48. The lowest BCUT2D eigenvalue weighted by molar-refractivity contribution is -0.384. The second kappa shape index (κ2) is 7.55. The number of nitro groups is 1. The molecule has 1 atom stereocenters. The lowest BCUT2D eigenvalue weighted by Gasteiger charge is -2.25. The zero-order valence-corrected chi connectivity index (χ0v) is 13.4. The van der Waals surface area contributed by atoms with Crippen LogP contribution in [0.5, 0.6) is 5.75 Å². The van der Waals surface area contributed by atoms with Crippen molar-refractivity contribution in [2.75, 3.05) is 33.1 Å². The molecule has 0 spiro atoms. The Balaban J connectivity index is 2.19. The van der Waals surface area contributed by atoms with E-state index in [1.807, 2.05) is 43.3 Å². The topological polar surface area (TPSA) is 80.5 Å². The van der Waals surface area contributed by atoms with Gasteiger partial charge in [0.2, 0.25) is 5.82 Å². The molecule has 0 bridgehead atoms. The number of methoxy groups -OCH3 is 1. The van der Waals surface area contributed by atoms with E-state index in [9.17, 15) is 10.1 Å². The molecule has 7 heteroatoms. The Morgan fingerprint density at radius 3 is 2.78 bits per heavy atom. The maximum Gasteiger partial charge on any atom is 0.311 e. The van der Waals surface area contributed by atoms with Gasteiger partial charge in [-0.3, -0.25) is 10.1 Å². The van der Waals surface area contributed by atoms with Crippen molar-refractivity contribution in [3.63, 3.8) is 0 Å². The van der Waals surface area contributed by atoms with Gasteiger partial charge in [-0.1, -0.05) is 12.1 Å². The van der Waals surface area contributed by atoms with Gasteiger partial charge in [0.1, 0.15) is 5.75 Å². The minimum absolute atomic E-state index is 0.0201. The van der Waals surface area contributed by atoms with Gasteiger partial charge in [-0.05, 0) is 37.9 Å². The van der Waals surface area contributed by atoms with Gasteiger partial charge in [0.25, 0.3) is 0 Å². The number of nitrogens with zero attached hydrogens (tertiary/aromatic N) is 3. The Morgan fingerprint density at radius 1 is 1.35 bits per heavy atom. The first-order valence-electron chi connectivity index (χ1n) is 7.16. The maximum atomic E-state index is 11.1. The number of hydrogen-bond acceptors (Lipinski definition) is 6. The normalized spacial score (nSPS) is 12.0. The number of aromatic nitrogens is 1. The molecule has 0 aliphatic rings. The van der Waals surface area contributed by atoms with E-state index in [1.165, 1.54) is 12.3 Å². The van der Waals surface area contributed by atoms with Gasteiger partial charge in [-0.15, -0.1) is 0 Å². The minimum atomic E-state index is -0.439. The second-order valence-corrected chi connectivity index (χ2v) is 5.27. The lowest BCUT2D eigenvalue weighted by Crippen LogP contribution is -2.27. The van der Waals surface area contributed by atoms with Crippen LogP contribution >= 0.6 is 0 Å². The summed E-state index contributed by atoms with van der Waals surface area (Å²) in [6, 6.07) is 10.8. The van der Waals surface area contributed by atoms with Crippen molar-refractivity contribution in [2.24, 2.45) is 0 Å². The SMILES string of the molecule is COc1cccc(C(CNc2ncccc2[N+](=O)[O-])N(C)C)c1. The fourth-order valence-corrected chi connectivity index (χ4v) is 2.32. The Bertz CT molecular complexity index is 676. The molecule has 2 rings (SSSR count). The second-order valence-electron chi connectivity index (χ2n) is 5.27. The van der Waals surface area contributed by atoms with E-state index in [2.05, 4.69) is 10.3 Å². The first kappa shape index (κ1) is 16.7. The van der Waals surface area contributed by atoms with Crippen LogP contribution in [0.15, 0.2) is 42.6 Å². The van der Waals surface area contributed by atoms with Crippen molar-refractivity contribution in [3.8, 4) is 5.75 Å². The van der Waals surface area contributed by atoms with Crippen LogP contribution < -0.4 is 10.1 Å². The van der Waals surface area contributed by atoms with Crippen molar-refractivity contribution in [3.05, 3.63) is 58.3 Å². The van der Waals surface area contributed by atoms with E-state index in [-0.39, 0.29) is 17.5 Å². The molecule has 0 saturated heterocycles. The van der Waals surface area contributed by atoms with Crippen LogP contribution in [0.3, 0.4) is 0 Å². The van der Waals surface area contributed by atoms with Crippen LogP contribution in [-0.2, 0) is 0 Å². The number of ether oxygens (including phenoxy) is 1. The molecule has 0 radical (unpaired) electrons. The molecular formula is C16H20N4O3. The van der Waals surface area contributed by atoms with E-state index < -0.39 is 4.92 Å². The van der Waals surface area contributed by atoms with Gasteiger partial charge in [-0.2, -0.15) is 0 Å². The number of benzene rings is 1. The van der Waals surface area contributed by atoms with E-state index >= 15 is 0 Å². The Hall–Kier alpha value is -2.67. The van der Waals surface area contributed by atoms with Crippen LogP contribution in [0.1, 0.15) is 11.6 Å². The van der Waals surface area contributed by atoms with Crippen LogP contribution in [0.4, 0.5) is 11.5 Å². The quantitative estimate of drug-likeness (QED) is 0.625. The molecule has 122 valence electrons. The van der Waals surface area contributed by atoms with Gasteiger partial charge in [0.05, 0.1) is 18.1 Å². The maximum absolute atomic E-state index is 11.1. The van der Waals surface area contributed by atoms with Gasteiger partial charge in [0.15, 0.2) is 0 Å². The predicted molar refractivity (Wildman–Crippen MR) is 88.8 cm³/mol. The number of rotatable bonds is 7. The Labute approximate surface area is 135 Å². The van der Waals surface area contributed by atoms with Crippen molar-refractivity contribution >= 4 is 11.5 Å². The van der Waals surface area contributed by atoms with E-state index in [0.717, 1.165) is 11.3 Å².